The third-order valence-electron chi connectivity index (χ3n) is 4.07. The molecule has 0 saturated carbocycles. The summed E-state index contributed by atoms with van der Waals surface area (Å²) in [5.41, 5.74) is 0.729. The van der Waals surface area contributed by atoms with Gasteiger partial charge in [-0.2, -0.15) is 5.10 Å². The average molecular weight is 483 g/mol. The fraction of sp³-hybridized carbons (Fsp3) is 0.400. The van der Waals surface area contributed by atoms with Crippen LogP contribution in [0.1, 0.15) is 20.8 Å². The molecule has 166 valence electrons. The highest BCUT2D eigenvalue weighted by Gasteiger charge is 2.14. The smallest absolute Gasteiger partial charge is 0.258 e. The highest BCUT2D eigenvalue weighted by atomic mass is 35.5. The third-order valence-corrected chi connectivity index (χ3v) is 5.33. The number of fused-ring (bicyclic) bond motifs is 1. The van der Waals surface area contributed by atoms with Crippen molar-refractivity contribution in [3.05, 3.63) is 34.4 Å². The lowest BCUT2D eigenvalue weighted by Gasteiger charge is -2.12. The first-order valence-corrected chi connectivity index (χ1v) is 11.6. The van der Waals surface area contributed by atoms with E-state index in [0.29, 0.717) is 34.0 Å². The number of thioether (sulfide) groups is 1. The number of hydrogen-bond acceptors (Lipinski definition) is 7. The van der Waals surface area contributed by atoms with Crippen LogP contribution in [-0.2, 0) is 11.3 Å². The SMILES string of the molecule is CCSc1nc(NC(C)C)c2cnn(CCNC(=O)COc3ccc(Cl)cc3Cl)c2n1. The second-order valence-electron chi connectivity index (χ2n) is 6.91. The maximum atomic E-state index is 12.1. The summed E-state index contributed by atoms with van der Waals surface area (Å²) in [6, 6.07) is 5.07. The van der Waals surface area contributed by atoms with Crippen LogP contribution in [0.3, 0.4) is 0 Å². The Morgan fingerprint density at radius 1 is 1.29 bits per heavy atom. The van der Waals surface area contributed by atoms with Gasteiger partial charge < -0.3 is 15.4 Å². The summed E-state index contributed by atoms with van der Waals surface area (Å²) >= 11 is 13.5. The number of nitrogens with one attached hydrogen (secondary N) is 2. The van der Waals surface area contributed by atoms with Crippen LogP contribution in [0.4, 0.5) is 5.82 Å². The molecule has 2 aromatic heterocycles. The molecule has 8 nitrogen and oxygen atoms in total. The molecule has 0 aliphatic rings. The number of anilines is 1. The normalized spacial score (nSPS) is 11.2. The van der Waals surface area contributed by atoms with Gasteiger partial charge in [0.15, 0.2) is 17.4 Å². The van der Waals surface area contributed by atoms with Crippen molar-refractivity contribution in [1.29, 1.82) is 0 Å². The zero-order chi connectivity index (χ0) is 22.4. The second kappa shape index (κ2) is 10.9. The van der Waals surface area contributed by atoms with Gasteiger partial charge in [-0.25, -0.2) is 14.6 Å². The first-order chi connectivity index (χ1) is 14.9. The van der Waals surface area contributed by atoms with Crippen LogP contribution < -0.4 is 15.4 Å². The highest BCUT2D eigenvalue weighted by molar-refractivity contribution is 7.99. The second-order valence-corrected chi connectivity index (χ2v) is 8.98. The van der Waals surface area contributed by atoms with Crippen molar-refractivity contribution in [2.75, 3.05) is 24.2 Å². The number of benzene rings is 1. The van der Waals surface area contributed by atoms with Crippen molar-refractivity contribution in [1.82, 2.24) is 25.1 Å². The molecule has 1 aromatic carbocycles. The van der Waals surface area contributed by atoms with E-state index in [1.54, 1.807) is 40.8 Å². The summed E-state index contributed by atoms with van der Waals surface area (Å²) in [5.74, 6) is 1.78. The number of halogens is 2. The highest BCUT2D eigenvalue weighted by Crippen LogP contribution is 2.27. The van der Waals surface area contributed by atoms with Crippen LogP contribution in [0.25, 0.3) is 11.0 Å². The molecule has 2 N–H and O–H groups in total. The lowest BCUT2D eigenvalue weighted by Crippen LogP contribution is -2.31. The number of hydrogen-bond donors (Lipinski definition) is 2. The Morgan fingerprint density at radius 2 is 2.10 bits per heavy atom. The number of nitrogens with zero attached hydrogens (tertiary/aromatic N) is 4. The fourth-order valence-corrected chi connectivity index (χ4v) is 3.79. The predicted molar refractivity (Wildman–Crippen MR) is 125 cm³/mol. The quantitative estimate of drug-likeness (QED) is 0.329. The molecular weight excluding hydrogens is 459 g/mol. The average Bonchev–Trinajstić information content (AvgIpc) is 3.10. The molecule has 11 heteroatoms. The topological polar surface area (TPSA) is 94.0 Å². The summed E-state index contributed by atoms with van der Waals surface area (Å²) < 4.78 is 7.21. The molecule has 31 heavy (non-hydrogen) atoms. The van der Waals surface area contributed by atoms with Crippen LogP contribution in [0, 0.1) is 0 Å². The van der Waals surface area contributed by atoms with Crippen molar-refractivity contribution in [3.8, 4) is 5.75 Å². The first kappa shape index (κ1) is 23.4. The Morgan fingerprint density at radius 3 is 2.81 bits per heavy atom. The van der Waals surface area contributed by atoms with Gasteiger partial charge in [0.2, 0.25) is 0 Å². The van der Waals surface area contributed by atoms with Gasteiger partial charge in [-0.05, 0) is 37.8 Å². The van der Waals surface area contributed by atoms with Gasteiger partial charge >= 0.3 is 0 Å². The van der Waals surface area contributed by atoms with E-state index >= 15 is 0 Å². The summed E-state index contributed by atoms with van der Waals surface area (Å²) in [7, 11) is 0. The molecule has 0 radical (unpaired) electrons. The number of carbonyl (C=O) groups is 1. The maximum absolute atomic E-state index is 12.1. The Labute approximate surface area is 195 Å². The number of amides is 1. The van der Waals surface area contributed by atoms with E-state index in [4.69, 9.17) is 27.9 Å². The fourth-order valence-electron chi connectivity index (χ4n) is 2.76. The summed E-state index contributed by atoms with van der Waals surface area (Å²) in [6.45, 7) is 6.86. The molecule has 3 aromatic rings. The molecule has 0 fully saturated rings. The van der Waals surface area contributed by atoms with Crippen molar-refractivity contribution >= 4 is 57.7 Å². The zero-order valence-electron chi connectivity index (χ0n) is 17.5. The Bertz CT molecular complexity index is 1060. The minimum Gasteiger partial charge on any atom is -0.482 e. The van der Waals surface area contributed by atoms with E-state index in [1.165, 1.54) is 0 Å². The van der Waals surface area contributed by atoms with Crippen molar-refractivity contribution < 1.29 is 9.53 Å². The van der Waals surface area contributed by atoms with Gasteiger partial charge in [0.1, 0.15) is 11.6 Å². The number of rotatable bonds is 10. The molecule has 0 aliphatic carbocycles. The van der Waals surface area contributed by atoms with E-state index in [2.05, 4.69) is 46.5 Å². The van der Waals surface area contributed by atoms with Crippen LogP contribution in [-0.4, -0.2) is 50.6 Å². The molecule has 0 spiro atoms. The monoisotopic (exact) mass is 482 g/mol. The van der Waals surface area contributed by atoms with Gasteiger partial charge in [-0.1, -0.05) is 41.9 Å². The molecule has 0 saturated heterocycles. The molecule has 0 atom stereocenters. The molecule has 0 bridgehead atoms. The minimum absolute atomic E-state index is 0.150. The summed E-state index contributed by atoms with van der Waals surface area (Å²) in [4.78, 5) is 21.4. The first-order valence-electron chi connectivity index (χ1n) is 9.84. The van der Waals surface area contributed by atoms with Gasteiger partial charge in [-0.15, -0.1) is 0 Å². The summed E-state index contributed by atoms with van der Waals surface area (Å²) in [5, 5.41) is 13.0. The van der Waals surface area contributed by atoms with Gasteiger partial charge in [0.25, 0.3) is 5.91 Å². The van der Waals surface area contributed by atoms with Crippen molar-refractivity contribution in [2.24, 2.45) is 0 Å². The van der Waals surface area contributed by atoms with Crippen LogP contribution in [0.15, 0.2) is 29.6 Å². The lowest BCUT2D eigenvalue weighted by molar-refractivity contribution is -0.123. The lowest BCUT2D eigenvalue weighted by atomic mass is 10.3. The molecule has 0 unspecified atom stereocenters. The van der Waals surface area contributed by atoms with E-state index in [-0.39, 0.29) is 18.6 Å². The molecule has 3 rings (SSSR count). The van der Waals surface area contributed by atoms with E-state index in [1.807, 2.05) is 0 Å². The zero-order valence-corrected chi connectivity index (χ0v) is 19.8. The van der Waals surface area contributed by atoms with Crippen LogP contribution in [0.5, 0.6) is 5.75 Å². The van der Waals surface area contributed by atoms with Crippen LogP contribution >= 0.6 is 35.0 Å². The van der Waals surface area contributed by atoms with Gasteiger partial charge in [0, 0.05) is 17.6 Å². The maximum Gasteiger partial charge on any atom is 0.258 e. The number of aromatic nitrogens is 4. The van der Waals surface area contributed by atoms with Crippen molar-refractivity contribution in [3.63, 3.8) is 0 Å². The predicted octanol–water partition coefficient (Wildman–Crippen LogP) is 4.26. The molecule has 0 aliphatic heterocycles. The van der Waals surface area contributed by atoms with E-state index in [0.717, 1.165) is 22.6 Å². The minimum atomic E-state index is -0.263. The standard InChI is InChI=1S/C20H24Cl2N6O2S/c1-4-31-20-26-18(25-12(2)3)14-10-24-28(19(14)27-20)8-7-23-17(29)11-30-16-6-5-13(21)9-15(16)22/h5-6,9-10,12H,4,7-8,11H2,1-3H3,(H,23,29)(H,25,26,27). The van der Waals surface area contributed by atoms with Crippen molar-refractivity contribution in [2.45, 2.75) is 38.5 Å². The van der Waals surface area contributed by atoms with E-state index in [9.17, 15) is 4.79 Å². The molecular formula is C20H24Cl2N6O2S. The Hall–Kier alpha value is -2.23. The number of carbonyl (C=O) groups excluding carboxylic acids is 1. The van der Waals surface area contributed by atoms with Crippen LogP contribution in [0.2, 0.25) is 10.0 Å². The van der Waals surface area contributed by atoms with Gasteiger partial charge in [0.05, 0.1) is 23.2 Å². The molecule has 2 heterocycles. The molecule has 1 amide bonds. The third kappa shape index (κ3) is 6.38. The Balaban J connectivity index is 1.61. The summed E-state index contributed by atoms with van der Waals surface area (Å²) in [6.07, 6.45) is 1.74. The van der Waals surface area contributed by atoms with E-state index < -0.39 is 0 Å². The van der Waals surface area contributed by atoms with Gasteiger partial charge in [-0.3, -0.25) is 4.79 Å². The Kier molecular flexibility index (Phi) is 8.22. The number of ether oxygens (including phenoxy) is 1. The largest absolute Gasteiger partial charge is 0.482 e.